The number of nitrogens with one attached hydrogen (secondary N) is 2. The van der Waals surface area contributed by atoms with Crippen molar-refractivity contribution < 1.29 is 9.53 Å². The van der Waals surface area contributed by atoms with Crippen LogP contribution in [0.15, 0.2) is 18.2 Å². The van der Waals surface area contributed by atoms with Gasteiger partial charge in [-0.2, -0.15) is 0 Å². The number of carbonyl (C=O) groups excluding carboxylic acids is 1. The van der Waals surface area contributed by atoms with E-state index in [2.05, 4.69) is 16.4 Å². The number of anilines is 1. The van der Waals surface area contributed by atoms with Crippen LogP contribution in [0.4, 0.5) is 5.69 Å². The van der Waals surface area contributed by atoms with Gasteiger partial charge in [0.25, 0.3) is 0 Å². The fourth-order valence-electron chi connectivity index (χ4n) is 2.23. The van der Waals surface area contributed by atoms with Crippen LogP contribution in [0.3, 0.4) is 0 Å². The van der Waals surface area contributed by atoms with Gasteiger partial charge in [0.2, 0.25) is 0 Å². The highest BCUT2D eigenvalue weighted by Gasteiger charge is 2.17. The lowest BCUT2D eigenvalue weighted by molar-refractivity contribution is 0.0595. The number of benzene rings is 1. The monoisotopic (exact) mass is 216 g/mol. The first kappa shape index (κ1) is 9.27. The van der Waals surface area contributed by atoms with Crippen LogP contribution in [0.5, 0.6) is 0 Å². The molecule has 1 aliphatic heterocycles. The Morgan fingerprint density at radius 2 is 2.31 bits per heavy atom. The van der Waals surface area contributed by atoms with E-state index in [1.54, 1.807) is 0 Å². The van der Waals surface area contributed by atoms with Gasteiger partial charge in [-0.25, -0.2) is 4.79 Å². The number of fused-ring (bicyclic) bond motifs is 3. The van der Waals surface area contributed by atoms with Gasteiger partial charge in [0, 0.05) is 23.2 Å². The van der Waals surface area contributed by atoms with Gasteiger partial charge in [-0.3, -0.25) is 0 Å². The summed E-state index contributed by atoms with van der Waals surface area (Å²) >= 11 is 0. The molecular weight excluding hydrogens is 204 g/mol. The van der Waals surface area contributed by atoms with Crippen molar-refractivity contribution in [3.8, 4) is 0 Å². The van der Waals surface area contributed by atoms with Gasteiger partial charge in [-0.05, 0) is 18.6 Å². The molecule has 82 valence electrons. The van der Waals surface area contributed by atoms with Crippen molar-refractivity contribution in [2.75, 3.05) is 19.0 Å². The van der Waals surface area contributed by atoms with Gasteiger partial charge in [0.1, 0.15) is 5.69 Å². The fourth-order valence-corrected chi connectivity index (χ4v) is 2.23. The van der Waals surface area contributed by atoms with Crippen LogP contribution in [0, 0.1) is 0 Å². The lowest BCUT2D eigenvalue weighted by Crippen LogP contribution is -2.00. The SMILES string of the molecule is COC(=O)c1cc2ccc3c(c2[nH]1)CCN3. The number of carbonyl (C=O) groups is 1. The van der Waals surface area contributed by atoms with E-state index in [9.17, 15) is 4.79 Å². The second-order valence-corrected chi connectivity index (χ2v) is 3.91. The van der Waals surface area contributed by atoms with E-state index in [-0.39, 0.29) is 5.97 Å². The van der Waals surface area contributed by atoms with Crippen LogP contribution < -0.4 is 5.32 Å². The van der Waals surface area contributed by atoms with Crippen LogP contribution in [0.1, 0.15) is 16.1 Å². The zero-order valence-corrected chi connectivity index (χ0v) is 8.96. The Morgan fingerprint density at radius 3 is 3.12 bits per heavy atom. The third-order valence-electron chi connectivity index (χ3n) is 3.00. The molecule has 0 aliphatic carbocycles. The van der Waals surface area contributed by atoms with Crippen molar-refractivity contribution >= 4 is 22.6 Å². The molecule has 4 heteroatoms. The summed E-state index contributed by atoms with van der Waals surface area (Å²) in [5.74, 6) is -0.323. The van der Waals surface area contributed by atoms with E-state index >= 15 is 0 Å². The Bertz CT molecular complexity index is 572. The first-order valence-electron chi connectivity index (χ1n) is 5.26. The van der Waals surface area contributed by atoms with Gasteiger partial charge in [-0.1, -0.05) is 6.07 Å². The van der Waals surface area contributed by atoms with Crippen LogP contribution in [0.25, 0.3) is 10.9 Å². The average Bonchev–Trinajstić information content (AvgIpc) is 2.92. The van der Waals surface area contributed by atoms with E-state index in [0.29, 0.717) is 5.69 Å². The molecule has 1 aromatic heterocycles. The van der Waals surface area contributed by atoms with Crippen molar-refractivity contribution in [3.63, 3.8) is 0 Å². The summed E-state index contributed by atoms with van der Waals surface area (Å²) in [6.07, 6.45) is 0.994. The smallest absolute Gasteiger partial charge is 0.354 e. The molecule has 2 N–H and O–H groups in total. The summed E-state index contributed by atoms with van der Waals surface area (Å²) < 4.78 is 4.70. The summed E-state index contributed by atoms with van der Waals surface area (Å²) in [5.41, 5.74) is 3.97. The maximum Gasteiger partial charge on any atom is 0.354 e. The molecule has 3 rings (SSSR count). The van der Waals surface area contributed by atoms with E-state index < -0.39 is 0 Å². The summed E-state index contributed by atoms with van der Waals surface area (Å²) in [4.78, 5) is 14.5. The Hall–Kier alpha value is -1.97. The van der Waals surface area contributed by atoms with Gasteiger partial charge < -0.3 is 15.0 Å². The molecule has 0 amide bonds. The van der Waals surface area contributed by atoms with Crippen LogP contribution in [-0.4, -0.2) is 24.6 Å². The predicted octanol–water partition coefficient (Wildman–Crippen LogP) is 1.92. The molecule has 4 nitrogen and oxygen atoms in total. The molecule has 0 unspecified atom stereocenters. The molecule has 16 heavy (non-hydrogen) atoms. The second-order valence-electron chi connectivity index (χ2n) is 3.91. The predicted molar refractivity (Wildman–Crippen MR) is 61.8 cm³/mol. The lowest BCUT2D eigenvalue weighted by atomic mass is 10.1. The summed E-state index contributed by atoms with van der Waals surface area (Å²) in [5, 5.41) is 4.37. The first-order valence-corrected chi connectivity index (χ1v) is 5.26. The van der Waals surface area contributed by atoms with Crippen LogP contribution in [0.2, 0.25) is 0 Å². The molecule has 1 aromatic carbocycles. The number of H-pyrrole nitrogens is 1. The van der Waals surface area contributed by atoms with Crippen molar-refractivity contribution in [3.05, 3.63) is 29.5 Å². The highest BCUT2D eigenvalue weighted by atomic mass is 16.5. The Labute approximate surface area is 92.6 Å². The van der Waals surface area contributed by atoms with Crippen molar-refractivity contribution in [1.82, 2.24) is 4.98 Å². The largest absolute Gasteiger partial charge is 0.464 e. The third-order valence-corrected chi connectivity index (χ3v) is 3.00. The quantitative estimate of drug-likeness (QED) is 0.716. The second kappa shape index (κ2) is 3.27. The number of ether oxygens (including phenoxy) is 1. The van der Waals surface area contributed by atoms with E-state index in [1.165, 1.54) is 12.7 Å². The normalized spacial score (nSPS) is 13.6. The van der Waals surface area contributed by atoms with Crippen molar-refractivity contribution in [2.24, 2.45) is 0 Å². The number of aromatic nitrogens is 1. The number of aromatic amines is 1. The van der Waals surface area contributed by atoms with E-state index in [4.69, 9.17) is 4.74 Å². The molecule has 0 spiro atoms. The van der Waals surface area contributed by atoms with Gasteiger partial charge in [0.05, 0.1) is 12.6 Å². The zero-order valence-electron chi connectivity index (χ0n) is 8.96. The Balaban J connectivity index is 2.21. The lowest BCUT2D eigenvalue weighted by Gasteiger charge is -1.99. The number of methoxy groups -OCH3 is 1. The van der Waals surface area contributed by atoms with Gasteiger partial charge in [0.15, 0.2) is 0 Å². The number of hydrogen-bond donors (Lipinski definition) is 2. The minimum absolute atomic E-state index is 0.323. The van der Waals surface area contributed by atoms with Crippen molar-refractivity contribution in [2.45, 2.75) is 6.42 Å². The summed E-state index contributed by atoms with van der Waals surface area (Å²) in [7, 11) is 1.39. The molecule has 1 aliphatic rings. The van der Waals surface area contributed by atoms with Gasteiger partial charge in [-0.15, -0.1) is 0 Å². The van der Waals surface area contributed by atoms with Crippen molar-refractivity contribution in [1.29, 1.82) is 0 Å². The van der Waals surface area contributed by atoms with E-state index in [1.807, 2.05) is 12.1 Å². The maximum atomic E-state index is 11.4. The Kier molecular flexibility index (Phi) is 1.89. The fraction of sp³-hybridized carbons (Fsp3) is 0.250. The number of hydrogen-bond acceptors (Lipinski definition) is 3. The van der Waals surface area contributed by atoms with Crippen LogP contribution >= 0.6 is 0 Å². The maximum absolute atomic E-state index is 11.4. The van der Waals surface area contributed by atoms with Crippen LogP contribution in [-0.2, 0) is 11.2 Å². The summed E-state index contributed by atoms with van der Waals surface area (Å²) in [6.45, 7) is 0.959. The standard InChI is InChI=1S/C12H12N2O2/c1-16-12(15)10-6-7-2-3-9-8(4-5-13-9)11(7)14-10/h2-3,6,13-14H,4-5H2,1H3. The molecule has 0 fully saturated rings. The van der Waals surface area contributed by atoms with Gasteiger partial charge >= 0.3 is 5.97 Å². The van der Waals surface area contributed by atoms with E-state index in [0.717, 1.165) is 29.6 Å². The topological polar surface area (TPSA) is 54.1 Å². The highest BCUT2D eigenvalue weighted by Crippen LogP contribution is 2.30. The third kappa shape index (κ3) is 1.19. The molecular formula is C12H12N2O2. The molecule has 2 aromatic rings. The zero-order chi connectivity index (χ0) is 11.1. The molecule has 2 heterocycles. The minimum atomic E-state index is -0.323. The highest BCUT2D eigenvalue weighted by molar-refractivity contribution is 5.97. The molecule has 0 saturated heterocycles. The number of rotatable bonds is 1. The first-order chi connectivity index (χ1) is 7.79. The Morgan fingerprint density at radius 1 is 1.44 bits per heavy atom. The number of esters is 1. The summed E-state index contributed by atoms with van der Waals surface area (Å²) in [6, 6.07) is 5.90. The molecule has 0 radical (unpaired) electrons. The molecule has 0 bridgehead atoms. The molecule has 0 saturated carbocycles. The minimum Gasteiger partial charge on any atom is -0.464 e. The average molecular weight is 216 g/mol. The molecule has 0 atom stereocenters.